The lowest BCUT2D eigenvalue weighted by atomic mass is 10.1. The van der Waals surface area contributed by atoms with Crippen LogP contribution in [0.4, 0.5) is 5.69 Å². The first-order valence-electron chi connectivity index (χ1n) is 6.73. The van der Waals surface area contributed by atoms with Crippen molar-refractivity contribution in [3.05, 3.63) is 28.8 Å². The zero-order valence-electron chi connectivity index (χ0n) is 10.7. The van der Waals surface area contributed by atoms with E-state index in [1.54, 1.807) is 12.1 Å². The molecule has 3 N–H and O–H groups in total. The van der Waals surface area contributed by atoms with E-state index in [0.29, 0.717) is 16.6 Å². The lowest BCUT2D eigenvalue weighted by Gasteiger charge is -2.17. The van der Waals surface area contributed by atoms with Crippen LogP contribution in [-0.2, 0) is 0 Å². The summed E-state index contributed by atoms with van der Waals surface area (Å²) in [5.41, 5.74) is 6.57. The van der Waals surface area contributed by atoms with E-state index in [1.807, 2.05) is 6.07 Å². The molecule has 0 spiro atoms. The number of carbonyl (C=O) groups excluding carboxylic acids is 1. The molecule has 1 aliphatic carbocycles. The number of nitrogens with two attached hydrogens (primary N) is 1. The molecule has 2 aliphatic rings. The maximum Gasteiger partial charge on any atom is 0.250 e. The van der Waals surface area contributed by atoms with Crippen LogP contribution in [0.15, 0.2) is 18.2 Å². The fraction of sp³-hybridized carbons (Fsp3) is 0.500. The van der Waals surface area contributed by atoms with Crippen molar-refractivity contribution < 1.29 is 4.79 Å². The SMILES string of the molecule is NC(=O)c1ccc(NC2CCN(C3CC3)C2)cc1Cl. The number of hydrogen-bond acceptors (Lipinski definition) is 3. The second kappa shape index (κ2) is 5.02. The Kier molecular flexibility index (Phi) is 3.37. The third-order valence-corrected chi connectivity index (χ3v) is 4.20. The maximum atomic E-state index is 11.1. The lowest BCUT2D eigenvalue weighted by molar-refractivity contribution is 0.100. The third-order valence-electron chi connectivity index (χ3n) is 3.89. The molecule has 1 atom stereocenters. The van der Waals surface area contributed by atoms with Gasteiger partial charge in [-0.25, -0.2) is 0 Å². The number of amides is 1. The summed E-state index contributed by atoms with van der Waals surface area (Å²) in [5.74, 6) is -0.489. The van der Waals surface area contributed by atoms with E-state index in [1.165, 1.54) is 19.4 Å². The van der Waals surface area contributed by atoms with E-state index in [4.69, 9.17) is 17.3 Å². The third kappa shape index (κ3) is 2.85. The lowest BCUT2D eigenvalue weighted by Crippen LogP contribution is -2.27. The Bertz CT molecular complexity index is 501. The number of carbonyl (C=O) groups is 1. The molecule has 4 nitrogen and oxygen atoms in total. The van der Waals surface area contributed by atoms with Gasteiger partial charge in [0.1, 0.15) is 0 Å². The van der Waals surface area contributed by atoms with Crippen LogP contribution in [0.2, 0.25) is 5.02 Å². The van der Waals surface area contributed by atoms with E-state index in [2.05, 4.69) is 10.2 Å². The number of hydrogen-bond donors (Lipinski definition) is 2. The van der Waals surface area contributed by atoms with E-state index in [0.717, 1.165) is 24.7 Å². The number of likely N-dealkylation sites (tertiary alicyclic amines) is 1. The molecule has 1 heterocycles. The van der Waals surface area contributed by atoms with Crippen molar-refractivity contribution in [2.75, 3.05) is 18.4 Å². The monoisotopic (exact) mass is 279 g/mol. The number of halogens is 1. The highest BCUT2D eigenvalue weighted by atomic mass is 35.5. The largest absolute Gasteiger partial charge is 0.381 e. The summed E-state index contributed by atoms with van der Waals surface area (Å²) in [4.78, 5) is 13.7. The summed E-state index contributed by atoms with van der Waals surface area (Å²) < 4.78 is 0. The fourth-order valence-electron chi connectivity index (χ4n) is 2.72. The second-order valence-corrected chi connectivity index (χ2v) is 5.82. The van der Waals surface area contributed by atoms with Gasteiger partial charge in [0.05, 0.1) is 10.6 Å². The van der Waals surface area contributed by atoms with Crippen LogP contribution in [-0.4, -0.2) is 36.0 Å². The highest BCUT2D eigenvalue weighted by molar-refractivity contribution is 6.34. The summed E-state index contributed by atoms with van der Waals surface area (Å²) in [6, 6.07) is 6.62. The van der Waals surface area contributed by atoms with Crippen molar-refractivity contribution in [3.63, 3.8) is 0 Å². The fourth-order valence-corrected chi connectivity index (χ4v) is 2.99. The Labute approximate surface area is 117 Å². The first-order valence-corrected chi connectivity index (χ1v) is 7.11. The number of anilines is 1. The zero-order valence-corrected chi connectivity index (χ0v) is 11.5. The molecule has 5 heteroatoms. The maximum absolute atomic E-state index is 11.1. The molecule has 19 heavy (non-hydrogen) atoms. The van der Waals surface area contributed by atoms with Crippen LogP contribution in [0, 0.1) is 0 Å². The van der Waals surface area contributed by atoms with Crippen LogP contribution in [0.5, 0.6) is 0 Å². The van der Waals surface area contributed by atoms with Crippen molar-refractivity contribution in [3.8, 4) is 0 Å². The number of benzene rings is 1. The predicted molar refractivity (Wildman–Crippen MR) is 76.6 cm³/mol. The average molecular weight is 280 g/mol. The molecule has 102 valence electrons. The molecular weight excluding hydrogens is 262 g/mol. The normalized spacial score (nSPS) is 23.5. The molecule has 1 amide bonds. The van der Waals surface area contributed by atoms with Gasteiger partial charge in [-0.2, -0.15) is 0 Å². The Hall–Kier alpha value is -1.26. The molecule has 1 saturated carbocycles. The Balaban J connectivity index is 1.63. The van der Waals surface area contributed by atoms with E-state index >= 15 is 0 Å². The van der Waals surface area contributed by atoms with Crippen LogP contribution in [0.3, 0.4) is 0 Å². The molecule has 3 rings (SSSR count). The summed E-state index contributed by atoms with van der Waals surface area (Å²) >= 11 is 6.05. The van der Waals surface area contributed by atoms with Gasteiger partial charge < -0.3 is 11.1 Å². The summed E-state index contributed by atoms with van der Waals surface area (Å²) in [7, 11) is 0. The smallest absolute Gasteiger partial charge is 0.250 e. The summed E-state index contributed by atoms with van der Waals surface area (Å²) in [5, 5.41) is 3.89. The van der Waals surface area contributed by atoms with Gasteiger partial charge in [-0.15, -0.1) is 0 Å². The van der Waals surface area contributed by atoms with Crippen LogP contribution in [0.25, 0.3) is 0 Å². The molecular formula is C14H18ClN3O. The molecule has 2 fully saturated rings. The van der Waals surface area contributed by atoms with E-state index < -0.39 is 5.91 Å². The summed E-state index contributed by atoms with van der Waals surface area (Å²) in [6.45, 7) is 2.27. The Morgan fingerprint density at radius 2 is 2.16 bits per heavy atom. The van der Waals surface area contributed by atoms with Gasteiger partial charge in [0.2, 0.25) is 5.91 Å². The van der Waals surface area contributed by atoms with Crippen LogP contribution >= 0.6 is 11.6 Å². The van der Waals surface area contributed by atoms with Crippen LogP contribution < -0.4 is 11.1 Å². The van der Waals surface area contributed by atoms with Crippen molar-refractivity contribution in [1.82, 2.24) is 4.90 Å². The van der Waals surface area contributed by atoms with Crippen LogP contribution in [0.1, 0.15) is 29.6 Å². The van der Waals surface area contributed by atoms with Crippen molar-refractivity contribution in [2.45, 2.75) is 31.3 Å². The standard InChI is InChI=1S/C14H18ClN3O/c15-13-7-9(1-4-12(13)14(16)19)17-10-5-6-18(8-10)11-2-3-11/h1,4,7,10-11,17H,2-3,5-6,8H2,(H2,16,19). The second-order valence-electron chi connectivity index (χ2n) is 5.41. The minimum absolute atomic E-state index is 0.373. The van der Waals surface area contributed by atoms with Crippen molar-refractivity contribution >= 4 is 23.2 Å². The van der Waals surface area contributed by atoms with Gasteiger partial charge in [0.15, 0.2) is 0 Å². The minimum atomic E-state index is -0.489. The molecule has 0 aromatic heterocycles. The van der Waals surface area contributed by atoms with Crippen molar-refractivity contribution in [2.24, 2.45) is 5.73 Å². The number of nitrogens with one attached hydrogen (secondary N) is 1. The Morgan fingerprint density at radius 3 is 2.79 bits per heavy atom. The first kappa shape index (κ1) is 12.8. The van der Waals surface area contributed by atoms with Gasteiger partial charge >= 0.3 is 0 Å². The van der Waals surface area contributed by atoms with E-state index in [9.17, 15) is 4.79 Å². The highest BCUT2D eigenvalue weighted by Crippen LogP contribution is 2.31. The summed E-state index contributed by atoms with van der Waals surface area (Å²) in [6.07, 6.45) is 3.86. The quantitative estimate of drug-likeness (QED) is 0.887. The molecule has 1 aliphatic heterocycles. The predicted octanol–water partition coefficient (Wildman–Crippen LogP) is 2.09. The zero-order chi connectivity index (χ0) is 13.4. The van der Waals surface area contributed by atoms with Gasteiger partial charge in [0, 0.05) is 30.9 Å². The van der Waals surface area contributed by atoms with Gasteiger partial charge in [-0.3, -0.25) is 9.69 Å². The van der Waals surface area contributed by atoms with Gasteiger partial charge in [-0.05, 0) is 37.5 Å². The molecule has 0 radical (unpaired) electrons. The molecule has 1 aromatic carbocycles. The number of nitrogens with zero attached hydrogens (tertiary/aromatic N) is 1. The van der Waals surface area contributed by atoms with Gasteiger partial charge in [-0.1, -0.05) is 11.6 Å². The molecule has 0 bridgehead atoms. The van der Waals surface area contributed by atoms with E-state index in [-0.39, 0.29) is 0 Å². The van der Waals surface area contributed by atoms with Crippen molar-refractivity contribution in [1.29, 1.82) is 0 Å². The average Bonchev–Trinajstić information content (AvgIpc) is 3.10. The minimum Gasteiger partial charge on any atom is -0.381 e. The van der Waals surface area contributed by atoms with Gasteiger partial charge in [0.25, 0.3) is 0 Å². The molecule has 1 saturated heterocycles. The number of rotatable bonds is 4. The molecule has 1 unspecified atom stereocenters. The highest BCUT2D eigenvalue weighted by Gasteiger charge is 2.34. The Morgan fingerprint density at radius 1 is 1.37 bits per heavy atom. The topological polar surface area (TPSA) is 58.4 Å². The number of primary amides is 1. The first-order chi connectivity index (χ1) is 9.13. The molecule has 1 aromatic rings.